The fourth-order valence-corrected chi connectivity index (χ4v) is 6.46. The zero-order valence-corrected chi connectivity index (χ0v) is 25.6. The fourth-order valence-electron chi connectivity index (χ4n) is 5.96. The summed E-state index contributed by atoms with van der Waals surface area (Å²) in [6.45, 7) is -0.270. The number of halogens is 2. The van der Waals surface area contributed by atoms with Crippen LogP contribution in [-0.4, -0.2) is 55.9 Å². The summed E-state index contributed by atoms with van der Waals surface area (Å²) >= 11 is 0. The molecule has 0 fully saturated rings. The van der Waals surface area contributed by atoms with Gasteiger partial charge in [0.15, 0.2) is 0 Å². The Morgan fingerprint density at radius 3 is 2.54 bits per heavy atom. The van der Waals surface area contributed by atoms with Crippen molar-refractivity contribution in [1.82, 2.24) is 14.9 Å². The molecule has 1 atom stereocenters. The maximum atomic E-state index is 14.9. The summed E-state index contributed by atoms with van der Waals surface area (Å²) in [4.78, 5) is 18.2. The maximum Gasteiger partial charge on any atom is 0.255 e. The van der Waals surface area contributed by atoms with Crippen LogP contribution < -0.4 is 14.9 Å². The summed E-state index contributed by atoms with van der Waals surface area (Å²) in [5.41, 5.74) is 4.00. The van der Waals surface area contributed by atoms with E-state index in [4.69, 9.17) is 9.40 Å². The Balaban J connectivity index is 1.50. The van der Waals surface area contributed by atoms with Gasteiger partial charge in [0.25, 0.3) is 5.91 Å². The third kappa shape index (κ3) is 4.58. The molecule has 1 aliphatic heterocycles. The van der Waals surface area contributed by atoms with Gasteiger partial charge in [-0.25, -0.2) is 22.2 Å². The third-order valence-electron chi connectivity index (χ3n) is 8.25. The highest BCUT2D eigenvalue weighted by molar-refractivity contribution is 7.92. The molecule has 1 amide bonds. The first-order chi connectivity index (χ1) is 22.0. The molecule has 0 spiro atoms. The Hall–Kier alpha value is -5.27. The van der Waals surface area contributed by atoms with E-state index in [1.54, 1.807) is 41.0 Å². The van der Waals surface area contributed by atoms with Crippen LogP contribution in [0.2, 0.25) is 0 Å². The van der Waals surface area contributed by atoms with E-state index in [1.807, 2.05) is 0 Å². The molecule has 0 aliphatic carbocycles. The van der Waals surface area contributed by atoms with Gasteiger partial charge in [-0.1, -0.05) is 6.07 Å². The highest BCUT2D eigenvalue weighted by Gasteiger charge is 2.30. The summed E-state index contributed by atoms with van der Waals surface area (Å²) in [5.74, 6) is -1.16. The predicted molar refractivity (Wildman–Crippen MR) is 172 cm³/mol. The molecule has 1 aliphatic rings. The van der Waals surface area contributed by atoms with Gasteiger partial charge in [-0.15, -0.1) is 0 Å². The normalized spacial score (nSPS) is 14.2. The van der Waals surface area contributed by atoms with Crippen LogP contribution in [0.4, 0.5) is 20.2 Å². The first-order valence-corrected chi connectivity index (χ1v) is 16.1. The van der Waals surface area contributed by atoms with Gasteiger partial charge in [-0.3, -0.25) is 9.10 Å². The molecule has 7 rings (SSSR count). The van der Waals surface area contributed by atoms with Gasteiger partial charge >= 0.3 is 0 Å². The number of nitrogens with one attached hydrogen (secondary N) is 2. The number of carbonyl (C=O) groups is 1. The molecule has 46 heavy (non-hydrogen) atoms. The number of aromatic nitrogens is 2. The van der Waals surface area contributed by atoms with Gasteiger partial charge in [0.05, 0.1) is 46.7 Å². The average Bonchev–Trinajstić information content (AvgIpc) is 3.63. The van der Waals surface area contributed by atoms with E-state index < -0.39 is 33.7 Å². The van der Waals surface area contributed by atoms with E-state index in [2.05, 4.69) is 10.6 Å². The second-order valence-electron chi connectivity index (χ2n) is 11.0. The minimum Gasteiger partial charge on any atom is -0.455 e. The highest BCUT2D eigenvalue weighted by Crippen LogP contribution is 2.44. The first-order valence-electron chi connectivity index (χ1n) is 14.2. The standard InChI is InChI=1S/C33H27F2N5O5S/c1-36-33(42)30-21-13-20(26(39(2)46(3,43)44)15-28(21)45-32(30)17-7-9-18(34)10-8-17)23-11-12-24-31(38-23)27-14-19-22(35)5-4-6-25(19)40(27)29(16-41)37-24/h4-15,29,37,41H,16H2,1-3H3,(H,36,42). The fraction of sp³-hybridized carbons (Fsp3) is 0.152. The highest BCUT2D eigenvalue weighted by atomic mass is 32.2. The Bertz CT molecular complexity index is 2320. The molecule has 0 saturated heterocycles. The lowest BCUT2D eigenvalue weighted by molar-refractivity contribution is 0.0964. The van der Waals surface area contributed by atoms with Crippen LogP contribution in [0.25, 0.3) is 55.8 Å². The minimum absolute atomic E-state index is 0.180. The molecule has 0 radical (unpaired) electrons. The largest absolute Gasteiger partial charge is 0.455 e. The van der Waals surface area contributed by atoms with Crippen LogP contribution in [0.1, 0.15) is 16.5 Å². The number of nitrogens with zero attached hydrogens (tertiary/aromatic N) is 3. The molecule has 0 bridgehead atoms. The van der Waals surface area contributed by atoms with Crippen molar-refractivity contribution in [2.24, 2.45) is 0 Å². The van der Waals surface area contributed by atoms with Gasteiger partial charge in [0, 0.05) is 42.1 Å². The summed E-state index contributed by atoms with van der Waals surface area (Å²) in [5, 5.41) is 16.8. The van der Waals surface area contributed by atoms with Gasteiger partial charge in [0.2, 0.25) is 10.0 Å². The number of carbonyl (C=O) groups excluding carboxylic acids is 1. The molecule has 234 valence electrons. The van der Waals surface area contributed by atoms with Gasteiger partial charge < -0.3 is 24.7 Å². The van der Waals surface area contributed by atoms with E-state index in [0.717, 1.165) is 10.6 Å². The molecule has 3 N–H and O–H groups in total. The van der Waals surface area contributed by atoms with Crippen LogP contribution in [0, 0.1) is 11.6 Å². The van der Waals surface area contributed by atoms with E-state index in [-0.39, 0.29) is 29.2 Å². The van der Waals surface area contributed by atoms with Crippen molar-refractivity contribution < 1.29 is 31.5 Å². The molecule has 3 aromatic heterocycles. The van der Waals surface area contributed by atoms with Crippen molar-refractivity contribution in [3.63, 3.8) is 0 Å². The molecule has 0 saturated carbocycles. The van der Waals surface area contributed by atoms with Gasteiger partial charge in [0.1, 0.15) is 34.8 Å². The lowest BCUT2D eigenvalue weighted by Gasteiger charge is -2.29. The van der Waals surface area contributed by atoms with Crippen LogP contribution in [0.5, 0.6) is 0 Å². The number of anilines is 2. The Morgan fingerprint density at radius 1 is 1.09 bits per heavy atom. The molecule has 13 heteroatoms. The number of benzene rings is 3. The van der Waals surface area contributed by atoms with Gasteiger partial charge in [-0.05, 0) is 60.7 Å². The molecule has 4 heterocycles. The average molecular weight is 644 g/mol. The number of sulfonamides is 1. The molecular formula is C33H27F2N5O5S. The predicted octanol–water partition coefficient (Wildman–Crippen LogP) is 5.73. The number of pyridine rings is 1. The van der Waals surface area contributed by atoms with Crippen LogP contribution in [-0.2, 0) is 10.0 Å². The number of hydrogen-bond acceptors (Lipinski definition) is 7. The number of amides is 1. The zero-order chi connectivity index (χ0) is 32.5. The number of fused-ring (bicyclic) bond motifs is 6. The Kier molecular flexibility index (Phi) is 6.83. The van der Waals surface area contributed by atoms with Gasteiger partial charge in [-0.2, -0.15) is 0 Å². The van der Waals surface area contributed by atoms with Crippen molar-refractivity contribution in [2.45, 2.75) is 6.17 Å². The molecule has 10 nitrogen and oxygen atoms in total. The summed E-state index contributed by atoms with van der Waals surface area (Å²) in [7, 11) is -0.905. The molecule has 1 unspecified atom stereocenters. The lowest BCUT2D eigenvalue weighted by atomic mass is 10.00. The summed E-state index contributed by atoms with van der Waals surface area (Å²) < 4.78 is 63.3. The topological polar surface area (TPSA) is 130 Å². The van der Waals surface area contributed by atoms with E-state index in [0.29, 0.717) is 50.2 Å². The smallest absolute Gasteiger partial charge is 0.255 e. The van der Waals surface area contributed by atoms with Crippen molar-refractivity contribution in [2.75, 3.05) is 36.6 Å². The maximum absolute atomic E-state index is 14.9. The SMILES string of the molecule is CNC(=O)c1c(-c2ccc(F)cc2)oc2cc(N(C)S(C)(=O)=O)c(-c3ccc4c(n3)-c3cc5c(F)cccc5n3C(CO)N4)cc12. The first kappa shape index (κ1) is 29.4. The van der Waals surface area contributed by atoms with Crippen LogP contribution in [0.3, 0.4) is 0 Å². The minimum atomic E-state index is -3.78. The summed E-state index contributed by atoms with van der Waals surface area (Å²) in [6, 6.07) is 18.5. The quantitative estimate of drug-likeness (QED) is 0.211. The third-order valence-corrected chi connectivity index (χ3v) is 9.45. The number of hydrogen-bond donors (Lipinski definition) is 3. The van der Waals surface area contributed by atoms with E-state index in [9.17, 15) is 27.1 Å². The van der Waals surface area contributed by atoms with Crippen LogP contribution >= 0.6 is 0 Å². The summed E-state index contributed by atoms with van der Waals surface area (Å²) in [6.07, 6.45) is 0.485. The number of aliphatic hydroxyl groups excluding tert-OH is 1. The van der Waals surface area contributed by atoms with Crippen molar-refractivity contribution in [3.8, 4) is 34.0 Å². The van der Waals surface area contributed by atoms with E-state index in [1.165, 1.54) is 50.5 Å². The number of aliphatic hydroxyl groups is 1. The second-order valence-corrected chi connectivity index (χ2v) is 13.0. The van der Waals surface area contributed by atoms with Crippen molar-refractivity contribution in [3.05, 3.63) is 90.0 Å². The molecule has 3 aromatic carbocycles. The number of furan rings is 1. The zero-order valence-electron chi connectivity index (χ0n) is 24.8. The number of rotatable bonds is 6. The molecule has 6 aromatic rings. The Morgan fingerprint density at radius 2 is 1.85 bits per heavy atom. The van der Waals surface area contributed by atoms with E-state index >= 15 is 0 Å². The van der Waals surface area contributed by atoms with Crippen molar-refractivity contribution in [1.29, 1.82) is 0 Å². The van der Waals surface area contributed by atoms with Crippen LogP contribution in [0.15, 0.2) is 77.2 Å². The lowest BCUT2D eigenvalue weighted by Crippen LogP contribution is -2.27. The Labute approximate surface area is 261 Å². The molecular weight excluding hydrogens is 616 g/mol. The van der Waals surface area contributed by atoms with Crippen molar-refractivity contribution >= 4 is 49.2 Å². The monoisotopic (exact) mass is 643 g/mol. The second kappa shape index (κ2) is 10.7.